The van der Waals surface area contributed by atoms with Crippen LogP contribution in [0.3, 0.4) is 0 Å². The van der Waals surface area contributed by atoms with E-state index in [-0.39, 0.29) is 23.0 Å². The summed E-state index contributed by atoms with van der Waals surface area (Å²) in [7, 11) is 0. The third-order valence-corrected chi connectivity index (χ3v) is 7.13. The van der Waals surface area contributed by atoms with E-state index < -0.39 is 5.97 Å². The lowest BCUT2D eigenvalue weighted by Gasteiger charge is -2.30. The van der Waals surface area contributed by atoms with Crippen molar-refractivity contribution in [2.75, 3.05) is 13.2 Å². The van der Waals surface area contributed by atoms with E-state index in [1.807, 2.05) is 57.2 Å². The number of carboxylic acid groups (broad SMARTS) is 1. The van der Waals surface area contributed by atoms with Gasteiger partial charge in [-0.05, 0) is 107 Å². The maximum Gasteiger partial charge on any atom is 0.335 e. The van der Waals surface area contributed by atoms with E-state index in [1.54, 1.807) is 25.1 Å². The molecule has 0 saturated carbocycles. The van der Waals surface area contributed by atoms with Crippen molar-refractivity contribution in [3.8, 4) is 11.5 Å². The number of carboxylic acids is 1. The Bertz CT molecular complexity index is 1230. The highest BCUT2D eigenvalue weighted by Crippen LogP contribution is 2.35. The van der Waals surface area contributed by atoms with Crippen LogP contribution in [-0.4, -0.2) is 29.8 Å². The van der Waals surface area contributed by atoms with Crippen LogP contribution in [0.2, 0.25) is 0 Å². The highest BCUT2D eigenvalue weighted by atomic mass is 19.1. The van der Waals surface area contributed by atoms with Crippen molar-refractivity contribution in [3.05, 3.63) is 93.8 Å². The van der Waals surface area contributed by atoms with Crippen LogP contribution in [0.15, 0.2) is 54.6 Å². The SMILES string of the molecule is CCC(C)(Cc1ccc(C)c(F)c1)NCCCOC(C)c1ccccc1Oc1c(C)cc(C(=O)O)cc1C. The minimum absolute atomic E-state index is 0.125. The number of aromatic carboxylic acids is 1. The van der Waals surface area contributed by atoms with Gasteiger partial charge in [-0.3, -0.25) is 0 Å². The average molecular weight is 522 g/mol. The van der Waals surface area contributed by atoms with Gasteiger partial charge in [0.2, 0.25) is 0 Å². The molecule has 2 atom stereocenters. The minimum atomic E-state index is -0.956. The predicted molar refractivity (Wildman–Crippen MR) is 150 cm³/mol. The van der Waals surface area contributed by atoms with Gasteiger partial charge in [-0.25, -0.2) is 9.18 Å². The molecule has 0 saturated heterocycles. The highest BCUT2D eigenvalue weighted by Gasteiger charge is 2.22. The van der Waals surface area contributed by atoms with Gasteiger partial charge < -0.3 is 19.9 Å². The fraction of sp³-hybridized carbons (Fsp3) is 0.406. The molecule has 0 bridgehead atoms. The van der Waals surface area contributed by atoms with Crippen LogP contribution in [0, 0.1) is 26.6 Å². The Morgan fingerprint density at radius 3 is 2.37 bits per heavy atom. The van der Waals surface area contributed by atoms with Gasteiger partial charge in [-0.2, -0.15) is 0 Å². The van der Waals surface area contributed by atoms with Gasteiger partial charge in [-0.1, -0.05) is 37.3 Å². The first-order chi connectivity index (χ1) is 18.0. The van der Waals surface area contributed by atoms with E-state index in [4.69, 9.17) is 9.47 Å². The zero-order valence-corrected chi connectivity index (χ0v) is 23.4. The van der Waals surface area contributed by atoms with Crippen LogP contribution in [-0.2, 0) is 11.2 Å². The standard InChI is InChI=1S/C32H40FNO4/c1-7-32(6,20-25-14-13-21(2)28(33)19-25)34-15-10-16-37-24(5)27-11-8-9-12-29(27)38-30-22(3)17-26(31(35)36)18-23(30)4/h8-9,11-14,17-19,24,34H,7,10,15-16,20H2,1-6H3,(H,35,36). The van der Waals surface area contributed by atoms with Crippen molar-refractivity contribution < 1.29 is 23.8 Å². The fourth-order valence-electron chi connectivity index (χ4n) is 4.58. The number of halogens is 1. The van der Waals surface area contributed by atoms with Crippen molar-refractivity contribution in [1.29, 1.82) is 0 Å². The third-order valence-electron chi connectivity index (χ3n) is 7.13. The van der Waals surface area contributed by atoms with Gasteiger partial charge in [-0.15, -0.1) is 0 Å². The topological polar surface area (TPSA) is 67.8 Å². The first-order valence-corrected chi connectivity index (χ1v) is 13.3. The van der Waals surface area contributed by atoms with Crippen LogP contribution in [0.1, 0.15) is 77.9 Å². The molecular weight excluding hydrogens is 481 g/mol. The predicted octanol–water partition coefficient (Wildman–Crippen LogP) is 7.71. The van der Waals surface area contributed by atoms with Gasteiger partial charge in [0.15, 0.2) is 0 Å². The Morgan fingerprint density at radius 1 is 1.05 bits per heavy atom. The molecular formula is C32H40FNO4. The normalized spacial score (nSPS) is 13.7. The summed E-state index contributed by atoms with van der Waals surface area (Å²) in [5.41, 5.74) is 4.25. The molecule has 5 nitrogen and oxygen atoms in total. The van der Waals surface area contributed by atoms with Crippen LogP contribution < -0.4 is 10.1 Å². The summed E-state index contributed by atoms with van der Waals surface area (Å²) in [5, 5.41) is 13.0. The Morgan fingerprint density at radius 2 is 1.74 bits per heavy atom. The van der Waals surface area contributed by atoms with Gasteiger partial charge >= 0.3 is 5.97 Å². The van der Waals surface area contributed by atoms with E-state index in [1.165, 1.54) is 0 Å². The molecule has 0 aliphatic heterocycles. The Hall–Kier alpha value is -3.22. The zero-order chi connectivity index (χ0) is 27.9. The number of para-hydroxylation sites is 1. The van der Waals surface area contributed by atoms with Gasteiger partial charge in [0, 0.05) is 17.7 Å². The van der Waals surface area contributed by atoms with Crippen molar-refractivity contribution in [3.63, 3.8) is 0 Å². The summed E-state index contributed by atoms with van der Waals surface area (Å²) >= 11 is 0. The second kappa shape index (κ2) is 13.0. The van der Waals surface area contributed by atoms with Crippen LogP contribution in [0.25, 0.3) is 0 Å². The molecule has 0 fully saturated rings. The molecule has 0 amide bonds. The first kappa shape index (κ1) is 29.3. The molecule has 38 heavy (non-hydrogen) atoms. The number of carbonyl (C=O) groups is 1. The van der Waals surface area contributed by atoms with Gasteiger partial charge in [0.1, 0.15) is 17.3 Å². The smallest absolute Gasteiger partial charge is 0.335 e. The minimum Gasteiger partial charge on any atom is -0.478 e. The largest absolute Gasteiger partial charge is 0.478 e. The Balaban J connectivity index is 1.56. The number of hydrogen-bond donors (Lipinski definition) is 2. The molecule has 2 N–H and O–H groups in total. The summed E-state index contributed by atoms with van der Waals surface area (Å²) in [6, 6.07) is 16.5. The van der Waals surface area contributed by atoms with Crippen LogP contribution in [0.5, 0.6) is 11.5 Å². The van der Waals surface area contributed by atoms with E-state index in [0.29, 0.717) is 23.7 Å². The van der Waals surface area contributed by atoms with Gasteiger partial charge in [0.05, 0.1) is 11.7 Å². The molecule has 0 radical (unpaired) electrons. The van der Waals surface area contributed by atoms with Crippen molar-refractivity contribution in [2.45, 2.75) is 72.4 Å². The quantitative estimate of drug-likeness (QED) is 0.226. The molecule has 2 unspecified atom stereocenters. The lowest BCUT2D eigenvalue weighted by molar-refractivity contribution is 0.0616. The number of nitrogens with one attached hydrogen (secondary N) is 1. The number of benzene rings is 3. The number of rotatable bonds is 13. The van der Waals surface area contributed by atoms with Crippen molar-refractivity contribution in [2.24, 2.45) is 0 Å². The molecule has 204 valence electrons. The third kappa shape index (κ3) is 7.65. The highest BCUT2D eigenvalue weighted by molar-refractivity contribution is 5.88. The molecule has 0 heterocycles. The van der Waals surface area contributed by atoms with Crippen LogP contribution in [0.4, 0.5) is 4.39 Å². The van der Waals surface area contributed by atoms with Gasteiger partial charge in [0.25, 0.3) is 0 Å². The monoisotopic (exact) mass is 521 g/mol. The van der Waals surface area contributed by atoms with Crippen molar-refractivity contribution in [1.82, 2.24) is 5.32 Å². The molecule has 3 rings (SSSR count). The first-order valence-electron chi connectivity index (χ1n) is 13.3. The molecule has 0 spiro atoms. The summed E-state index contributed by atoms with van der Waals surface area (Å²) in [6.45, 7) is 13.2. The lowest BCUT2D eigenvalue weighted by atomic mass is 9.89. The summed E-state index contributed by atoms with van der Waals surface area (Å²) < 4.78 is 26.4. The molecule has 0 aromatic heterocycles. The maximum absolute atomic E-state index is 14.0. The molecule has 3 aromatic carbocycles. The average Bonchev–Trinajstić information content (AvgIpc) is 2.88. The lowest BCUT2D eigenvalue weighted by Crippen LogP contribution is -2.44. The second-order valence-corrected chi connectivity index (χ2v) is 10.4. The maximum atomic E-state index is 14.0. The van der Waals surface area contributed by atoms with Crippen molar-refractivity contribution >= 4 is 5.97 Å². The molecule has 3 aromatic rings. The number of ether oxygens (including phenoxy) is 2. The molecule has 6 heteroatoms. The fourth-order valence-corrected chi connectivity index (χ4v) is 4.58. The molecule has 0 aliphatic rings. The zero-order valence-electron chi connectivity index (χ0n) is 23.4. The summed E-state index contributed by atoms with van der Waals surface area (Å²) in [5.74, 6) is 0.237. The Kier molecular flexibility index (Phi) is 10.1. The van der Waals surface area contributed by atoms with E-state index >= 15 is 0 Å². The number of hydrogen-bond acceptors (Lipinski definition) is 4. The second-order valence-electron chi connectivity index (χ2n) is 10.4. The number of aryl methyl sites for hydroxylation is 3. The summed E-state index contributed by atoms with van der Waals surface area (Å²) in [4.78, 5) is 11.4. The van der Waals surface area contributed by atoms with Crippen LogP contribution >= 0.6 is 0 Å². The summed E-state index contributed by atoms with van der Waals surface area (Å²) in [6.07, 6.45) is 2.34. The van der Waals surface area contributed by atoms with E-state index in [0.717, 1.165) is 48.1 Å². The molecule has 0 aliphatic carbocycles. The Labute approximate surface area is 226 Å². The van der Waals surface area contributed by atoms with E-state index in [9.17, 15) is 14.3 Å². The van der Waals surface area contributed by atoms with E-state index in [2.05, 4.69) is 19.2 Å².